The molecule has 1 unspecified atom stereocenters. The maximum absolute atomic E-state index is 11.4. The third-order valence-electron chi connectivity index (χ3n) is 5.92. The molecule has 144 valence electrons. The highest BCUT2D eigenvalue weighted by Crippen LogP contribution is 2.34. The van der Waals surface area contributed by atoms with Gasteiger partial charge >= 0.3 is 0 Å². The number of hydrogen-bond acceptors (Lipinski definition) is 4. The van der Waals surface area contributed by atoms with Crippen LogP contribution in [0.15, 0.2) is 30.6 Å². The van der Waals surface area contributed by atoms with Crippen LogP contribution in [0.1, 0.15) is 28.3 Å². The van der Waals surface area contributed by atoms with Gasteiger partial charge in [-0.3, -0.25) is 4.79 Å². The molecule has 3 aromatic rings. The summed E-state index contributed by atoms with van der Waals surface area (Å²) >= 11 is 0. The Labute approximate surface area is 163 Å². The predicted octanol–water partition coefficient (Wildman–Crippen LogP) is 2.71. The number of aryl methyl sites for hydroxylation is 1. The maximum atomic E-state index is 11.4. The number of aromatic amines is 1. The second-order valence-electron chi connectivity index (χ2n) is 7.70. The molecule has 1 atom stereocenters. The molecule has 6 nitrogen and oxygen atoms in total. The van der Waals surface area contributed by atoms with Crippen molar-refractivity contribution in [2.45, 2.75) is 25.9 Å². The minimum atomic E-state index is 0.153. The Morgan fingerprint density at radius 2 is 2.21 bits per heavy atom. The number of nitrogens with zero attached hydrogens (tertiary/aromatic N) is 2. The van der Waals surface area contributed by atoms with Crippen LogP contribution in [0, 0.1) is 6.92 Å². The van der Waals surface area contributed by atoms with E-state index in [2.05, 4.69) is 40.4 Å². The Kier molecular flexibility index (Phi) is 4.37. The molecule has 0 spiro atoms. The van der Waals surface area contributed by atoms with Crippen LogP contribution in [-0.4, -0.2) is 47.6 Å². The molecule has 4 heterocycles. The highest BCUT2D eigenvalue weighted by atomic mass is 16.5. The van der Waals surface area contributed by atoms with Gasteiger partial charge in [-0.2, -0.15) is 0 Å². The number of carbonyl (C=O) groups is 1. The molecule has 6 heteroatoms. The quantitative estimate of drug-likeness (QED) is 0.690. The van der Waals surface area contributed by atoms with Gasteiger partial charge in [0.25, 0.3) is 0 Å². The zero-order valence-electron chi connectivity index (χ0n) is 16.0. The Balaban J connectivity index is 1.63. The first kappa shape index (κ1) is 17.4. The van der Waals surface area contributed by atoms with Crippen LogP contribution in [0.5, 0.6) is 0 Å². The van der Waals surface area contributed by atoms with Crippen molar-refractivity contribution in [3.05, 3.63) is 52.8 Å². The summed E-state index contributed by atoms with van der Waals surface area (Å²) in [5, 5.41) is 4.73. The zero-order chi connectivity index (χ0) is 19.1. The number of aromatic nitrogens is 2. The standard InChI is InChI=1S/C22H24N4O2/c1-14-9-24-22-18(14)8-17(10-25-22)16-6-15-2-4-26(13-27)11-20(15)19(7-16)21-12-28-5-3-23-21/h6-10,13,21,23H,2-5,11-12H2,1H3,(H,24,25). The average molecular weight is 376 g/mol. The molecule has 1 fully saturated rings. The van der Waals surface area contributed by atoms with E-state index in [1.165, 1.54) is 27.8 Å². The van der Waals surface area contributed by atoms with Crippen molar-refractivity contribution in [1.82, 2.24) is 20.2 Å². The first-order valence-electron chi connectivity index (χ1n) is 9.83. The molecule has 2 aromatic heterocycles. The summed E-state index contributed by atoms with van der Waals surface area (Å²) in [5.74, 6) is 0. The highest BCUT2D eigenvalue weighted by molar-refractivity contribution is 5.84. The lowest BCUT2D eigenvalue weighted by molar-refractivity contribution is -0.118. The van der Waals surface area contributed by atoms with Crippen LogP contribution in [0.4, 0.5) is 0 Å². The van der Waals surface area contributed by atoms with Crippen LogP contribution in [0.2, 0.25) is 0 Å². The lowest BCUT2D eigenvalue weighted by Gasteiger charge is -2.32. The lowest BCUT2D eigenvalue weighted by Crippen LogP contribution is -2.37. The van der Waals surface area contributed by atoms with E-state index in [0.29, 0.717) is 13.2 Å². The maximum Gasteiger partial charge on any atom is 0.210 e. The van der Waals surface area contributed by atoms with Crippen molar-refractivity contribution in [2.24, 2.45) is 0 Å². The number of nitrogens with one attached hydrogen (secondary N) is 2. The van der Waals surface area contributed by atoms with Gasteiger partial charge in [-0.25, -0.2) is 4.98 Å². The third-order valence-corrected chi connectivity index (χ3v) is 5.92. The molecule has 2 aliphatic heterocycles. The summed E-state index contributed by atoms with van der Waals surface area (Å²) in [6, 6.07) is 6.89. The van der Waals surface area contributed by atoms with Gasteiger partial charge in [-0.15, -0.1) is 0 Å². The Bertz CT molecular complexity index is 1040. The van der Waals surface area contributed by atoms with Crippen molar-refractivity contribution in [3.8, 4) is 11.1 Å². The SMILES string of the molecule is Cc1c[nH]c2ncc(-c3cc4c(c(C5COCCN5)c3)CN(C=O)CC4)cc12. The van der Waals surface area contributed by atoms with Crippen molar-refractivity contribution in [2.75, 3.05) is 26.3 Å². The number of morpholine rings is 1. The van der Waals surface area contributed by atoms with E-state index in [1.54, 1.807) is 0 Å². The molecule has 28 heavy (non-hydrogen) atoms. The summed E-state index contributed by atoms with van der Waals surface area (Å²) < 4.78 is 5.73. The Morgan fingerprint density at radius 3 is 3.04 bits per heavy atom. The second-order valence-corrected chi connectivity index (χ2v) is 7.70. The molecular weight excluding hydrogens is 352 g/mol. The van der Waals surface area contributed by atoms with E-state index in [4.69, 9.17) is 4.74 Å². The Hall–Kier alpha value is -2.70. The summed E-state index contributed by atoms with van der Waals surface area (Å²) in [5.41, 5.74) is 8.24. The summed E-state index contributed by atoms with van der Waals surface area (Å²) in [6.45, 7) is 5.78. The summed E-state index contributed by atoms with van der Waals surface area (Å²) in [6.07, 6.45) is 5.77. The third kappa shape index (κ3) is 2.99. The molecule has 0 radical (unpaired) electrons. The number of carbonyl (C=O) groups excluding carboxylic acids is 1. The molecule has 5 rings (SSSR count). The molecule has 2 aliphatic rings. The van der Waals surface area contributed by atoms with Gasteiger partial charge in [0.1, 0.15) is 5.65 Å². The first-order chi connectivity index (χ1) is 13.7. The van der Waals surface area contributed by atoms with E-state index in [-0.39, 0.29) is 6.04 Å². The van der Waals surface area contributed by atoms with Gasteiger partial charge in [-0.1, -0.05) is 6.07 Å². The van der Waals surface area contributed by atoms with E-state index in [9.17, 15) is 4.79 Å². The fourth-order valence-corrected chi connectivity index (χ4v) is 4.34. The largest absolute Gasteiger partial charge is 0.378 e. The zero-order valence-corrected chi connectivity index (χ0v) is 16.0. The van der Waals surface area contributed by atoms with Crippen molar-refractivity contribution in [3.63, 3.8) is 0 Å². The van der Waals surface area contributed by atoms with Crippen LogP contribution in [0.25, 0.3) is 22.2 Å². The Morgan fingerprint density at radius 1 is 1.29 bits per heavy atom. The lowest BCUT2D eigenvalue weighted by atomic mass is 9.87. The van der Waals surface area contributed by atoms with E-state index in [1.807, 2.05) is 17.3 Å². The van der Waals surface area contributed by atoms with Crippen molar-refractivity contribution >= 4 is 17.4 Å². The highest BCUT2D eigenvalue weighted by Gasteiger charge is 2.25. The molecule has 0 bridgehead atoms. The topological polar surface area (TPSA) is 70.2 Å². The van der Waals surface area contributed by atoms with Crippen LogP contribution < -0.4 is 5.32 Å². The summed E-state index contributed by atoms with van der Waals surface area (Å²) in [4.78, 5) is 21.0. The smallest absolute Gasteiger partial charge is 0.210 e. The normalized spacial score (nSPS) is 19.6. The molecule has 2 N–H and O–H groups in total. The van der Waals surface area contributed by atoms with E-state index < -0.39 is 0 Å². The van der Waals surface area contributed by atoms with Crippen molar-refractivity contribution < 1.29 is 9.53 Å². The van der Waals surface area contributed by atoms with Gasteiger partial charge < -0.3 is 19.9 Å². The fraction of sp³-hybridized carbons (Fsp3) is 0.364. The summed E-state index contributed by atoms with van der Waals surface area (Å²) in [7, 11) is 0. The minimum Gasteiger partial charge on any atom is -0.378 e. The minimum absolute atomic E-state index is 0.153. The van der Waals surface area contributed by atoms with Gasteiger partial charge in [0.2, 0.25) is 6.41 Å². The van der Waals surface area contributed by atoms with Crippen LogP contribution in [0.3, 0.4) is 0 Å². The monoisotopic (exact) mass is 376 g/mol. The fourth-order valence-electron chi connectivity index (χ4n) is 4.34. The van der Waals surface area contributed by atoms with Gasteiger partial charge in [0, 0.05) is 43.0 Å². The number of benzene rings is 1. The van der Waals surface area contributed by atoms with Crippen LogP contribution in [-0.2, 0) is 22.5 Å². The van der Waals surface area contributed by atoms with Gasteiger partial charge in [-0.05, 0) is 53.3 Å². The number of fused-ring (bicyclic) bond motifs is 2. The molecule has 1 amide bonds. The number of ether oxygens (including phenoxy) is 1. The molecule has 1 aromatic carbocycles. The second kappa shape index (κ2) is 7.04. The number of hydrogen-bond donors (Lipinski definition) is 2. The molecule has 0 aliphatic carbocycles. The van der Waals surface area contributed by atoms with Gasteiger partial charge in [0.05, 0.1) is 19.3 Å². The predicted molar refractivity (Wildman–Crippen MR) is 108 cm³/mol. The number of amides is 1. The van der Waals surface area contributed by atoms with Gasteiger partial charge in [0.15, 0.2) is 0 Å². The first-order valence-corrected chi connectivity index (χ1v) is 9.83. The van der Waals surface area contributed by atoms with Crippen molar-refractivity contribution in [1.29, 1.82) is 0 Å². The number of rotatable bonds is 3. The molecular formula is C22H24N4O2. The number of H-pyrrole nitrogens is 1. The van der Waals surface area contributed by atoms with E-state index in [0.717, 1.165) is 49.1 Å². The van der Waals surface area contributed by atoms with E-state index >= 15 is 0 Å². The molecule has 0 saturated carbocycles. The van der Waals surface area contributed by atoms with Crippen LogP contribution >= 0.6 is 0 Å². The molecule has 1 saturated heterocycles. The number of pyridine rings is 1. The average Bonchev–Trinajstić information content (AvgIpc) is 3.13.